The second-order valence-electron chi connectivity index (χ2n) is 7.01. The Hall–Kier alpha value is -4.13. The van der Waals surface area contributed by atoms with Gasteiger partial charge < -0.3 is 14.6 Å². The summed E-state index contributed by atoms with van der Waals surface area (Å²) in [5.74, 6) is -2.01. The van der Waals surface area contributed by atoms with Crippen molar-refractivity contribution in [2.24, 2.45) is 0 Å². The van der Waals surface area contributed by atoms with Gasteiger partial charge in [0.05, 0.1) is 23.9 Å². The number of ether oxygens (including phenoxy) is 2. The lowest BCUT2D eigenvalue weighted by Gasteiger charge is -2.15. The van der Waals surface area contributed by atoms with E-state index >= 15 is 0 Å². The molecular weight excluding hydrogens is 398 g/mol. The number of nitrogens with one attached hydrogen (secondary N) is 1. The number of carbonyl (C=O) groups excluding carboxylic acids is 2. The Labute approximate surface area is 178 Å². The molecule has 1 amide bonds. The number of carboxylic acid groups (broad SMARTS) is 1. The minimum atomic E-state index is -1.19. The van der Waals surface area contributed by atoms with Crippen molar-refractivity contribution in [3.05, 3.63) is 89.0 Å². The van der Waals surface area contributed by atoms with Gasteiger partial charge in [0.25, 0.3) is 0 Å². The fraction of sp³-hybridized carbons (Fsp3) is 0.125. The number of benzene rings is 3. The van der Waals surface area contributed by atoms with E-state index in [0.717, 1.165) is 22.3 Å². The highest BCUT2D eigenvalue weighted by Crippen LogP contribution is 2.44. The molecule has 3 aromatic rings. The van der Waals surface area contributed by atoms with E-state index in [0.29, 0.717) is 0 Å². The van der Waals surface area contributed by atoms with Crippen molar-refractivity contribution in [2.45, 2.75) is 5.92 Å². The SMILES string of the molecule is COC(=O)c1ccc(C(=O)O)cc1NC(=O)OCC1c2ccccc2-c2ccccc21. The smallest absolute Gasteiger partial charge is 0.411 e. The van der Waals surface area contributed by atoms with Crippen LogP contribution >= 0.6 is 0 Å². The van der Waals surface area contributed by atoms with Gasteiger partial charge in [0.15, 0.2) is 0 Å². The predicted octanol–water partition coefficient (Wildman–Crippen LogP) is 4.53. The predicted molar refractivity (Wildman–Crippen MR) is 113 cm³/mol. The third-order valence-electron chi connectivity index (χ3n) is 5.25. The molecule has 7 nitrogen and oxygen atoms in total. The zero-order valence-corrected chi connectivity index (χ0v) is 16.6. The van der Waals surface area contributed by atoms with Crippen LogP contribution in [0.15, 0.2) is 66.7 Å². The van der Waals surface area contributed by atoms with Gasteiger partial charge in [-0.2, -0.15) is 0 Å². The Balaban J connectivity index is 1.54. The number of hydrogen-bond acceptors (Lipinski definition) is 5. The van der Waals surface area contributed by atoms with E-state index in [-0.39, 0.29) is 29.3 Å². The maximum atomic E-state index is 12.5. The average Bonchev–Trinajstić information content (AvgIpc) is 3.11. The molecule has 3 aromatic carbocycles. The van der Waals surface area contributed by atoms with Crippen LogP contribution in [0.3, 0.4) is 0 Å². The number of esters is 1. The van der Waals surface area contributed by atoms with Crippen molar-refractivity contribution >= 4 is 23.7 Å². The number of fused-ring (bicyclic) bond motifs is 3. The second kappa shape index (κ2) is 8.31. The van der Waals surface area contributed by atoms with Crippen LogP contribution in [0.2, 0.25) is 0 Å². The van der Waals surface area contributed by atoms with Gasteiger partial charge in [-0.25, -0.2) is 14.4 Å². The number of aromatic carboxylic acids is 1. The number of rotatable bonds is 5. The number of carbonyl (C=O) groups is 3. The highest BCUT2D eigenvalue weighted by Gasteiger charge is 2.29. The molecule has 0 aromatic heterocycles. The molecule has 2 N–H and O–H groups in total. The van der Waals surface area contributed by atoms with Gasteiger partial charge in [0.1, 0.15) is 6.61 Å². The van der Waals surface area contributed by atoms with Gasteiger partial charge in [-0.05, 0) is 40.5 Å². The first kappa shape index (κ1) is 20.2. The molecule has 4 rings (SSSR count). The lowest BCUT2D eigenvalue weighted by Crippen LogP contribution is -2.20. The first-order chi connectivity index (χ1) is 15.0. The summed E-state index contributed by atoms with van der Waals surface area (Å²) in [4.78, 5) is 35.7. The number of hydrogen-bond donors (Lipinski definition) is 2. The molecule has 156 valence electrons. The number of amides is 1. The molecule has 0 saturated carbocycles. The number of methoxy groups -OCH3 is 1. The molecule has 1 aliphatic rings. The van der Waals surface area contributed by atoms with E-state index in [1.165, 1.54) is 25.3 Å². The fourth-order valence-corrected chi connectivity index (χ4v) is 3.81. The number of carboxylic acids is 1. The van der Waals surface area contributed by atoms with Gasteiger partial charge in [-0.15, -0.1) is 0 Å². The van der Waals surface area contributed by atoms with Crippen molar-refractivity contribution in [1.29, 1.82) is 0 Å². The summed E-state index contributed by atoms with van der Waals surface area (Å²) in [6.07, 6.45) is -0.797. The van der Waals surface area contributed by atoms with E-state index in [9.17, 15) is 19.5 Å². The highest BCUT2D eigenvalue weighted by molar-refractivity contribution is 6.02. The Morgan fingerprint density at radius 3 is 2.13 bits per heavy atom. The zero-order valence-electron chi connectivity index (χ0n) is 16.6. The normalized spacial score (nSPS) is 11.9. The molecule has 31 heavy (non-hydrogen) atoms. The zero-order chi connectivity index (χ0) is 22.0. The largest absolute Gasteiger partial charge is 0.478 e. The van der Waals surface area contributed by atoms with Crippen LogP contribution in [0, 0.1) is 0 Å². The highest BCUT2D eigenvalue weighted by atomic mass is 16.5. The quantitative estimate of drug-likeness (QED) is 0.591. The number of anilines is 1. The molecule has 0 fully saturated rings. The van der Waals surface area contributed by atoms with Gasteiger partial charge in [-0.3, -0.25) is 5.32 Å². The fourth-order valence-electron chi connectivity index (χ4n) is 3.81. The maximum Gasteiger partial charge on any atom is 0.411 e. The summed E-state index contributed by atoms with van der Waals surface area (Å²) in [5, 5.41) is 11.7. The van der Waals surface area contributed by atoms with E-state index in [1.807, 2.05) is 48.5 Å². The standard InChI is InChI=1S/C24H19NO6/c1-30-23(28)19-11-10-14(22(26)27)12-21(19)25-24(29)31-13-20-17-8-4-2-6-15(17)16-7-3-5-9-18(16)20/h2-12,20H,13H2,1H3,(H,25,29)(H,26,27). The van der Waals surface area contributed by atoms with Gasteiger partial charge in [-0.1, -0.05) is 48.5 Å². The topological polar surface area (TPSA) is 102 Å². The van der Waals surface area contributed by atoms with Crippen LogP contribution < -0.4 is 5.32 Å². The van der Waals surface area contributed by atoms with Gasteiger partial charge >= 0.3 is 18.0 Å². The molecule has 0 saturated heterocycles. The summed E-state index contributed by atoms with van der Waals surface area (Å²) in [7, 11) is 1.20. The van der Waals surface area contributed by atoms with Gasteiger partial charge in [0, 0.05) is 5.92 Å². The third kappa shape index (κ3) is 3.85. The van der Waals surface area contributed by atoms with Crippen molar-refractivity contribution in [3.8, 4) is 11.1 Å². The summed E-state index contributed by atoms with van der Waals surface area (Å²) in [6, 6.07) is 19.6. The second-order valence-corrected chi connectivity index (χ2v) is 7.01. The molecule has 7 heteroatoms. The minimum absolute atomic E-state index is 0.00368. The summed E-state index contributed by atoms with van der Waals surface area (Å²) >= 11 is 0. The van der Waals surface area contributed by atoms with E-state index in [4.69, 9.17) is 9.47 Å². The lowest BCUT2D eigenvalue weighted by atomic mass is 9.98. The maximum absolute atomic E-state index is 12.5. The molecule has 0 heterocycles. The van der Waals surface area contributed by atoms with E-state index < -0.39 is 18.0 Å². The first-order valence-electron chi connectivity index (χ1n) is 9.57. The third-order valence-corrected chi connectivity index (χ3v) is 5.25. The average molecular weight is 417 g/mol. The van der Waals surface area contributed by atoms with Crippen molar-refractivity contribution < 1.29 is 29.0 Å². The molecule has 0 unspecified atom stereocenters. The van der Waals surface area contributed by atoms with Crippen molar-refractivity contribution in [1.82, 2.24) is 0 Å². The minimum Gasteiger partial charge on any atom is -0.478 e. The summed E-state index contributed by atoms with van der Waals surface area (Å²) in [5.41, 5.74) is 4.30. The van der Waals surface area contributed by atoms with Crippen LogP contribution in [0.5, 0.6) is 0 Å². The van der Waals surface area contributed by atoms with Crippen molar-refractivity contribution in [2.75, 3.05) is 19.0 Å². The molecule has 0 radical (unpaired) electrons. The molecule has 0 bridgehead atoms. The van der Waals surface area contributed by atoms with Crippen LogP contribution in [0.25, 0.3) is 11.1 Å². The van der Waals surface area contributed by atoms with Crippen LogP contribution in [0.1, 0.15) is 37.8 Å². The monoisotopic (exact) mass is 417 g/mol. The first-order valence-corrected chi connectivity index (χ1v) is 9.57. The molecule has 1 aliphatic carbocycles. The Morgan fingerprint density at radius 1 is 0.935 bits per heavy atom. The van der Waals surface area contributed by atoms with Gasteiger partial charge in [0.2, 0.25) is 0 Å². The van der Waals surface area contributed by atoms with E-state index in [2.05, 4.69) is 5.32 Å². The van der Waals surface area contributed by atoms with Crippen LogP contribution in [-0.4, -0.2) is 36.9 Å². The Kier molecular flexibility index (Phi) is 5.41. The van der Waals surface area contributed by atoms with Crippen LogP contribution in [-0.2, 0) is 9.47 Å². The summed E-state index contributed by atoms with van der Waals surface area (Å²) in [6.45, 7) is 0.0893. The molecule has 0 spiro atoms. The molecule has 0 aliphatic heterocycles. The Bertz CT molecular complexity index is 1140. The summed E-state index contributed by atoms with van der Waals surface area (Å²) < 4.78 is 10.2. The lowest BCUT2D eigenvalue weighted by molar-refractivity contribution is 0.0599. The van der Waals surface area contributed by atoms with Crippen LogP contribution in [0.4, 0.5) is 10.5 Å². The molecule has 0 atom stereocenters. The molecular formula is C24H19NO6. The van der Waals surface area contributed by atoms with Crippen molar-refractivity contribution in [3.63, 3.8) is 0 Å². The Morgan fingerprint density at radius 2 is 1.55 bits per heavy atom. The van der Waals surface area contributed by atoms with E-state index in [1.54, 1.807) is 0 Å².